The number of allylic oxidation sites excluding steroid dienone is 5. The number of unbranched alkanes of at least 4 members (excludes halogenated alkanes) is 1. The topological polar surface area (TPSA) is 40.5 Å². The average molecular weight is 421 g/mol. The fraction of sp³-hybridized carbons (Fsp3) is 0.714. The first-order valence-electron chi connectivity index (χ1n) is 12.3. The maximum Gasteiger partial charge on any atom is 0.0879 e. The van der Waals surface area contributed by atoms with Crippen LogP contribution in [0.3, 0.4) is 0 Å². The van der Waals surface area contributed by atoms with Gasteiger partial charge in [-0.15, -0.1) is 13.2 Å². The third-order valence-electron chi connectivity index (χ3n) is 6.22. The highest BCUT2D eigenvalue weighted by Crippen LogP contribution is 2.42. The lowest BCUT2D eigenvalue weighted by Crippen LogP contribution is -2.28. The maximum atomic E-state index is 10.1. The molecular formula is C28H52O2. The van der Waals surface area contributed by atoms with Gasteiger partial charge in [0.25, 0.3) is 0 Å². The Morgan fingerprint density at radius 1 is 1.20 bits per heavy atom. The molecule has 2 aliphatic carbocycles. The summed E-state index contributed by atoms with van der Waals surface area (Å²) in [4.78, 5) is 0. The molecule has 30 heavy (non-hydrogen) atoms. The van der Waals surface area contributed by atoms with E-state index in [9.17, 15) is 5.11 Å². The molecule has 2 heteroatoms. The Kier molecular flexibility index (Phi) is 20.3. The summed E-state index contributed by atoms with van der Waals surface area (Å²) in [5, 5.41) is 18.7. The van der Waals surface area contributed by atoms with Gasteiger partial charge in [0.1, 0.15) is 0 Å². The monoisotopic (exact) mass is 420 g/mol. The van der Waals surface area contributed by atoms with E-state index in [1.54, 1.807) is 5.57 Å². The Labute approximate surface area is 188 Å². The summed E-state index contributed by atoms with van der Waals surface area (Å²) in [5.74, 6) is 2.76. The van der Waals surface area contributed by atoms with Crippen molar-refractivity contribution in [3.63, 3.8) is 0 Å². The standard InChI is InChI=1S/C18H30O.C6H12O.C2H6.C2H4/c1-3-4-8-16(19)12-13-17-14(2)10-11-15-7-5-6-9-18(15)17;1-4-5(2)6(3)7;2*1-2/h7,10-11,14,16-19H,3-6,8-9,12-13H2,1-2H3;5,7H,3-4H2,1-2H3;1-2H3;1-2H2. The molecule has 5 atom stereocenters. The first-order chi connectivity index (χ1) is 14.4. The van der Waals surface area contributed by atoms with Gasteiger partial charge in [-0.3, -0.25) is 0 Å². The summed E-state index contributed by atoms with van der Waals surface area (Å²) in [6.07, 6.45) is 17.6. The van der Waals surface area contributed by atoms with Crippen LogP contribution in [-0.4, -0.2) is 16.3 Å². The van der Waals surface area contributed by atoms with Crippen molar-refractivity contribution in [1.29, 1.82) is 0 Å². The molecule has 0 fully saturated rings. The average Bonchev–Trinajstić information content (AvgIpc) is 2.79. The zero-order chi connectivity index (χ0) is 23.5. The molecular weight excluding hydrogens is 368 g/mol. The highest BCUT2D eigenvalue weighted by Gasteiger charge is 2.31. The molecule has 5 unspecified atom stereocenters. The van der Waals surface area contributed by atoms with E-state index in [0.29, 0.717) is 11.7 Å². The van der Waals surface area contributed by atoms with Gasteiger partial charge in [-0.05, 0) is 68.3 Å². The van der Waals surface area contributed by atoms with E-state index in [1.807, 2.05) is 27.7 Å². The molecule has 0 aromatic carbocycles. The Balaban J connectivity index is 0. The van der Waals surface area contributed by atoms with Crippen LogP contribution in [0.5, 0.6) is 0 Å². The Hall–Kier alpha value is -1.28. The maximum absolute atomic E-state index is 10.1. The van der Waals surface area contributed by atoms with E-state index in [1.165, 1.54) is 32.1 Å². The Bertz CT molecular complexity index is 477. The van der Waals surface area contributed by atoms with Crippen LogP contribution >= 0.6 is 0 Å². The van der Waals surface area contributed by atoms with Gasteiger partial charge in [-0.1, -0.05) is 79.2 Å². The van der Waals surface area contributed by atoms with Crippen LogP contribution in [0, 0.1) is 23.7 Å². The van der Waals surface area contributed by atoms with Crippen molar-refractivity contribution in [2.75, 3.05) is 0 Å². The van der Waals surface area contributed by atoms with Crippen LogP contribution < -0.4 is 0 Å². The van der Waals surface area contributed by atoms with Gasteiger partial charge in [0.05, 0.1) is 11.9 Å². The van der Waals surface area contributed by atoms with Gasteiger partial charge in [0.15, 0.2) is 0 Å². The molecule has 0 heterocycles. The SMILES string of the molecule is C=C.C=C(O)C(C)CC.CC.CCCCC(O)CCC1C(C)C=CC2=CCCCC21. The van der Waals surface area contributed by atoms with E-state index in [2.05, 4.69) is 51.8 Å². The largest absolute Gasteiger partial charge is 0.513 e. The minimum absolute atomic E-state index is 0.0749. The van der Waals surface area contributed by atoms with Gasteiger partial charge in [0.2, 0.25) is 0 Å². The number of hydrogen-bond donors (Lipinski definition) is 2. The minimum Gasteiger partial charge on any atom is -0.513 e. The fourth-order valence-electron chi connectivity index (χ4n) is 4.02. The third-order valence-corrected chi connectivity index (χ3v) is 6.22. The molecule has 2 aliphatic rings. The van der Waals surface area contributed by atoms with Gasteiger partial charge in [-0.25, -0.2) is 0 Å². The number of rotatable bonds is 8. The van der Waals surface area contributed by atoms with Crippen LogP contribution in [0.15, 0.2) is 49.3 Å². The zero-order valence-corrected chi connectivity index (χ0v) is 21.0. The second-order valence-electron chi connectivity index (χ2n) is 8.30. The second kappa shape index (κ2) is 19.7. The molecule has 0 aliphatic heterocycles. The summed E-state index contributed by atoms with van der Waals surface area (Å²) >= 11 is 0. The van der Waals surface area contributed by atoms with E-state index in [4.69, 9.17) is 5.11 Å². The van der Waals surface area contributed by atoms with Crippen molar-refractivity contribution in [2.24, 2.45) is 23.7 Å². The number of aliphatic hydroxyl groups is 2. The number of fused-ring (bicyclic) bond motifs is 1. The van der Waals surface area contributed by atoms with Gasteiger partial charge in [-0.2, -0.15) is 0 Å². The molecule has 0 aromatic heterocycles. The van der Waals surface area contributed by atoms with Crippen LogP contribution in [0.1, 0.15) is 99.3 Å². The molecule has 0 radical (unpaired) electrons. The lowest BCUT2D eigenvalue weighted by Gasteiger charge is -2.37. The first kappa shape index (κ1) is 30.9. The van der Waals surface area contributed by atoms with Crippen LogP contribution in [0.2, 0.25) is 0 Å². The van der Waals surface area contributed by atoms with E-state index in [-0.39, 0.29) is 12.0 Å². The molecule has 2 nitrogen and oxygen atoms in total. The summed E-state index contributed by atoms with van der Waals surface area (Å²) in [6.45, 7) is 21.9. The quantitative estimate of drug-likeness (QED) is 0.304. The summed E-state index contributed by atoms with van der Waals surface area (Å²) in [6, 6.07) is 0. The van der Waals surface area contributed by atoms with Crippen molar-refractivity contribution in [3.05, 3.63) is 49.3 Å². The highest BCUT2D eigenvalue weighted by molar-refractivity contribution is 5.28. The number of hydrogen-bond acceptors (Lipinski definition) is 2. The highest BCUT2D eigenvalue weighted by atomic mass is 16.3. The molecule has 0 aromatic rings. The summed E-state index contributed by atoms with van der Waals surface area (Å²) in [5.41, 5.74) is 1.58. The van der Waals surface area contributed by atoms with E-state index < -0.39 is 0 Å². The molecule has 0 amide bonds. The molecule has 0 spiro atoms. The summed E-state index contributed by atoms with van der Waals surface area (Å²) in [7, 11) is 0. The molecule has 176 valence electrons. The third kappa shape index (κ3) is 12.4. The minimum atomic E-state index is -0.0749. The van der Waals surface area contributed by atoms with Crippen molar-refractivity contribution in [2.45, 2.75) is 105 Å². The van der Waals surface area contributed by atoms with Crippen LogP contribution in [-0.2, 0) is 0 Å². The zero-order valence-electron chi connectivity index (χ0n) is 21.0. The smallest absolute Gasteiger partial charge is 0.0879 e. The molecule has 0 saturated heterocycles. The van der Waals surface area contributed by atoms with Crippen LogP contribution in [0.4, 0.5) is 0 Å². The van der Waals surface area contributed by atoms with Gasteiger partial charge in [0, 0.05) is 5.92 Å². The van der Waals surface area contributed by atoms with E-state index >= 15 is 0 Å². The van der Waals surface area contributed by atoms with Crippen molar-refractivity contribution in [1.82, 2.24) is 0 Å². The molecule has 0 saturated carbocycles. The predicted octanol–water partition coefficient (Wildman–Crippen LogP) is 8.80. The fourth-order valence-corrected chi connectivity index (χ4v) is 4.02. The van der Waals surface area contributed by atoms with Crippen molar-refractivity contribution >= 4 is 0 Å². The predicted molar refractivity (Wildman–Crippen MR) is 136 cm³/mol. The molecule has 2 rings (SSSR count). The molecule has 0 bridgehead atoms. The van der Waals surface area contributed by atoms with Gasteiger partial charge >= 0.3 is 0 Å². The van der Waals surface area contributed by atoms with Gasteiger partial charge < -0.3 is 10.2 Å². The van der Waals surface area contributed by atoms with Crippen molar-refractivity contribution < 1.29 is 10.2 Å². The second-order valence-corrected chi connectivity index (χ2v) is 8.30. The lowest BCUT2D eigenvalue weighted by molar-refractivity contribution is 0.129. The molecule has 2 N–H and O–H groups in total. The lowest BCUT2D eigenvalue weighted by atomic mass is 9.68. The summed E-state index contributed by atoms with van der Waals surface area (Å²) < 4.78 is 0. The van der Waals surface area contributed by atoms with Crippen LogP contribution in [0.25, 0.3) is 0 Å². The normalized spacial score (nSPS) is 23.6. The van der Waals surface area contributed by atoms with Crippen molar-refractivity contribution in [3.8, 4) is 0 Å². The first-order valence-corrected chi connectivity index (χ1v) is 12.3. The Morgan fingerprint density at radius 2 is 1.83 bits per heavy atom. The number of aliphatic hydroxyl groups excluding tert-OH is 2. The Morgan fingerprint density at radius 3 is 2.33 bits per heavy atom. The van der Waals surface area contributed by atoms with E-state index in [0.717, 1.165) is 37.5 Å².